The third-order valence-electron chi connectivity index (χ3n) is 3.64. The minimum atomic E-state index is -0.710. The van der Waals surface area contributed by atoms with Crippen LogP contribution >= 0.6 is 0 Å². The molecule has 3 atom stereocenters. The Hall–Kier alpha value is -1.30. The van der Waals surface area contributed by atoms with Crippen LogP contribution in [0.3, 0.4) is 0 Å². The molecule has 1 aliphatic rings. The second kappa shape index (κ2) is 6.04. The van der Waals surface area contributed by atoms with Crippen LogP contribution in [0.4, 0.5) is 4.79 Å². The highest BCUT2D eigenvalue weighted by atomic mass is 16.8. The monoisotopic (exact) mass is 259 g/mol. The molecule has 1 N–H and O–H groups in total. The third kappa shape index (κ3) is 3.13. The fraction of sp³-hybridized carbons (Fsp3) is 0.833. The number of ether oxygens (including phenoxy) is 3. The van der Waals surface area contributed by atoms with Gasteiger partial charge < -0.3 is 19.5 Å². The van der Waals surface area contributed by atoms with Crippen molar-refractivity contribution in [2.45, 2.75) is 39.3 Å². The van der Waals surface area contributed by atoms with Crippen LogP contribution in [-0.4, -0.2) is 44.5 Å². The van der Waals surface area contributed by atoms with E-state index in [-0.39, 0.29) is 25.2 Å². The highest BCUT2D eigenvalue weighted by Gasteiger charge is 2.39. The van der Waals surface area contributed by atoms with Crippen LogP contribution in [0.5, 0.6) is 0 Å². The Bertz CT molecular complexity index is 320. The summed E-state index contributed by atoms with van der Waals surface area (Å²) in [6, 6.07) is -0.00243. The molecule has 1 aliphatic heterocycles. The van der Waals surface area contributed by atoms with E-state index in [0.717, 1.165) is 0 Å². The van der Waals surface area contributed by atoms with E-state index >= 15 is 0 Å². The normalized spacial score (nSPS) is 23.8. The van der Waals surface area contributed by atoms with Gasteiger partial charge in [0, 0.05) is 6.04 Å². The van der Waals surface area contributed by atoms with Crippen LogP contribution in [0.1, 0.15) is 27.2 Å². The van der Waals surface area contributed by atoms with Gasteiger partial charge in [-0.15, -0.1) is 0 Å². The molecule has 1 heterocycles. The second-order valence-electron chi connectivity index (χ2n) is 4.68. The van der Waals surface area contributed by atoms with Gasteiger partial charge in [-0.2, -0.15) is 0 Å². The lowest BCUT2D eigenvalue weighted by Gasteiger charge is -2.32. The van der Waals surface area contributed by atoms with Crippen molar-refractivity contribution in [3.8, 4) is 0 Å². The second-order valence-corrected chi connectivity index (χ2v) is 4.68. The molecule has 0 aliphatic carbocycles. The van der Waals surface area contributed by atoms with Crippen molar-refractivity contribution < 1.29 is 23.8 Å². The quantitative estimate of drug-likeness (QED) is 0.720. The van der Waals surface area contributed by atoms with E-state index in [1.807, 2.05) is 20.8 Å². The summed E-state index contributed by atoms with van der Waals surface area (Å²) in [4.78, 5) is 22.8. The maximum absolute atomic E-state index is 12.1. The molecular weight excluding hydrogens is 238 g/mol. The molecule has 0 bridgehead atoms. The minimum absolute atomic E-state index is 0.00243. The molecular formula is C12H21NO5. The lowest BCUT2D eigenvalue weighted by Crippen LogP contribution is -2.46. The molecule has 6 nitrogen and oxygen atoms in total. The van der Waals surface area contributed by atoms with Crippen LogP contribution in [0.15, 0.2) is 0 Å². The maximum atomic E-state index is 12.1. The van der Waals surface area contributed by atoms with Crippen LogP contribution in [-0.2, 0) is 19.0 Å². The zero-order valence-corrected chi connectivity index (χ0v) is 11.3. The summed E-state index contributed by atoms with van der Waals surface area (Å²) >= 11 is 0. The van der Waals surface area contributed by atoms with Gasteiger partial charge in [0.15, 0.2) is 6.10 Å². The van der Waals surface area contributed by atoms with Gasteiger partial charge in [-0.3, -0.25) is 4.79 Å². The van der Waals surface area contributed by atoms with E-state index < -0.39 is 17.7 Å². The number of cyclic esters (lactones) is 2. The molecule has 0 radical (unpaired) electrons. The first-order chi connectivity index (χ1) is 8.43. The first-order valence-corrected chi connectivity index (χ1v) is 6.12. The van der Waals surface area contributed by atoms with Gasteiger partial charge in [-0.1, -0.05) is 6.92 Å². The topological polar surface area (TPSA) is 73.9 Å². The Morgan fingerprint density at radius 1 is 1.67 bits per heavy atom. The van der Waals surface area contributed by atoms with Crippen molar-refractivity contribution in [3.63, 3.8) is 0 Å². The number of hydrogen-bond acceptors (Lipinski definition) is 6. The lowest BCUT2D eigenvalue weighted by atomic mass is 9.80. The van der Waals surface area contributed by atoms with Crippen molar-refractivity contribution in [3.05, 3.63) is 0 Å². The van der Waals surface area contributed by atoms with Gasteiger partial charge in [0.2, 0.25) is 0 Å². The largest absolute Gasteiger partial charge is 0.508 e. The van der Waals surface area contributed by atoms with E-state index in [0.29, 0.717) is 6.42 Å². The van der Waals surface area contributed by atoms with Crippen molar-refractivity contribution in [2.24, 2.45) is 5.41 Å². The SMILES string of the molecule is CCC(C)(C(=O)OCC1COC(=O)O1)C(C)NC. The van der Waals surface area contributed by atoms with Crippen LogP contribution in [0.2, 0.25) is 0 Å². The molecule has 6 heteroatoms. The van der Waals surface area contributed by atoms with Crippen molar-refractivity contribution in [1.29, 1.82) is 0 Å². The summed E-state index contributed by atoms with van der Waals surface area (Å²) in [6.45, 7) is 5.90. The Kier molecular flexibility index (Phi) is 4.95. The molecule has 1 saturated heterocycles. The highest BCUT2D eigenvalue weighted by molar-refractivity contribution is 5.77. The first-order valence-electron chi connectivity index (χ1n) is 6.12. The summed E-state index contributed by atoms with van der Waals surface area (Å²) in [6.07, 6.45) is -0.542. The van der Waals surface area contributed by atoms with Crippen LogP contribution in [0, 0.1) is 5.41 Å². The standard InChI is InChI=1S/C12H21NO5/c1-5-12(3,8(2)13-4)10(14)16-6-9-7-17-11(15)18-9/h8-9,13H,5-7H2,1-4H3. The van der Waals surface area contributed by atoms with Crippen LogP contribution in [0.25, 0.3) is 0 Å². The smallest absolute Gasteiger partial charge is 0.461 e. The predicted molar refractivity (Wildman–Crippen MR) is 64.1 cm³/mol. The molecule has 18 heavy (non-hydrogen) atoms. The number of esters is 1. The third-order valence-corrected chi connectivity index (χ3v) is 3.64. The first kappa shape index (κ1) is 14.8. The maximum Gasteiger partial charge on any atom is 0.508 e. The molecule has 1 rings (SSSR count). The Morgan fingerprint density at radius 3 is 2.78 bits per heavy atom. The molecule has 0 amide bonds. The van der Waals surface area contributed by atoms with Crippen LogP contribution < -0.4 is 5.32 Å². The van der Waals surface area contributed by atoms with Gasteiger partial charge in [0.25, 0.3) is 0 Å². The summed E-state index contributed by atoms with van der Waals surface area (Å²) in [5.74, 6) is -0.296. The number of hydrogen-bond donors (Lipinski definition) is 1. The van der Waals surface area contributed by atoms with Crippen molar-refractivity contribution in [2.75, 3.05) is 20.3 Å². The molecule has 0 spiro atoms. The molecule has 104 valence electrons. The zero-order valence-electron chi connectivity index (χ0n) is 11.3. The van der Waals surface area contributed by atoms with Crippen molar-refractivity contribution >= 4 is 12.1 Å². The number of nitrogens with one attached hydrogen (secondary N) is 1. The Morgan fingerprint density at radius 2 is 2.33 bits per heavy atom. The summed E-state index contributed by atoms with van der Waals surface area (Å²) in [5, 5.41) is 3.06. The number of carbonyl (C=O) groups is 2. The number of rotatable bonds is 6. The fourth-order valence-corrected chi connectivity index (χ4v) is 1.73. The summed E-state index contributed by atoms with van der Waals surface area (Å²) < 4.78 is 14.6. The van der Waals surface area contributed by atoms with Gasteiger partial charge in [-0.05, 0) is 27.3 Å². The average molecular weight is 259 g/mol. The Balaban J connectivity index is 2.50. The predicted octanol–water partition coefficient (Wildman–Crippen LogP) is 1.09. The molecule has 0 aromatic rings. The molecule has 1 fully saturated rings. The minimum Gasteiger partial charge on any atom is -0.461 e. The zero-order chi connectivity index (χ0) is 13.8. The number of carbonyl (C=O) groups excluding carboxylic acids is 2. The summed E-state index contributed by atoms with van der Waals surface area (Å²) in [7, 11) is 1.80. The fourth-order valence-electron chi connectivity index (χ4n) is 1.73. The van der Waals surface area contributed by atoms with Gasteiger partial charge in [-0.25, -0.2) is 4.79 Å². The molecule has 0 aromatic carbocycles. The average Bonchev–Trinajstić information content (AvgIpc) is 2.79. The van der Waals surface area contributed by atoms with E-state index in [1.54, 1.807) is 7.05 Å². The summed E-state index contributed by atoms with van der Waals surface area (Å²) in [5.41, 5.74) is -0.599. The van der Waals surface area contributed by atoms with E-state index in [4.69, 9.17) is 9.47 Å². The molecule has 0 saturated carbocycles. The van der Waals surface area contributed by atoms with E-state index in [2.05, 4.69) is 10.1 Å². The van der Waals surface area contributed by atoms with Crippen molar-refractivity contribution in [1.82, 2.24) is 5.32 Å². The molecule has 3 unspecified atom stereocenters. The molecule has 0 aromatic heterocycles. The van der Waals surface area contributed by atoms with E-state index in [9.17, 15) is 9.59 Å². The highest BCUT2D eigenvalue weighted by Crippen LogP contribution is 2.27. The van der Waals surface area contributed by atoms with Gasteiger partial charge in [0.05, 0.1) is 5.41 Å². The van der Waals surface area contributed by atoms with Gasteiger partial charge in [0.1, 0.15) is 13.2 Å². The van der Waals surface area contributed by atoms with E-state index in [1.165, 1.54) is 0 Å². The lowest BCUT2D eigenvalue weighted by molar-refractivity contribution is -0.159. The van der Waals surface area contributed by atoms with Gasteiger partial charge >= 0.3 is 12.1 Å². The Labute approximate surface area is 107 Å².